The zero-order chi connectivity index (χ0) is 20.4. The molecule has 0 bridgehead atoms. The Morgan fingerprint density at radius 1 is 1.18 bits per heavy atom. The van der Waals surface area contributed by atoms with E-state index in [9.17, 15) is 18.8 Å². The number of ether oxygens (including phenoxy) is 1. The van der Waals surface area contributed by atoms with Gasteiger partial charge in [-0.15, -0.1) is 0 Å². The maximum absolute atomic E-state index is 13.6. The number of carbonyl (C=O) groups excluding carboxylic acids is 2. The molecule has 0 radical (unpaired) electrons. The second kappa shape index (κ2) is 7.82. The van der Waals surface area contributed by atoms with Crippen LogP contribution in [-0.4, -0.2) is 18.0 Å². The highest BCUT2D eigenvalue weighted by Crippen LogP contribution is 2.19. The number of rotatable bonds is 4. The summed E-state index contributed by atoms with van der Waals surface area (Å²) in [5, 5.41) is 3.02. The highest BCUT2D eigenvalue weighted by Gasteiger charge is 2.22. The van der Waals surface area contributed by atoms with E-state index in [4.69, 9.17) is 20.8 Å². The lowest BCUT2D eigenvalue weighted by Gasteiger charge is -2.13. The van der Waals surface area contributed by atoms with Gasteiger partial charge >= 0.3 is 5.97 Å². The number of fused-ring (bicyclic) bond motifs is 1. The molecule has 144 valence electrons. The van der Waals surface area contributed by atoms with Crippen molar-refractivity contribution in [3.05, 3.63) is 74.9 Å². The van der Waals surface area contributed by atoms with Crippen molar-refractivity contribution in [1.29, 1.82) is 0 Å². The van der Waals surface area contributed by atoms with Gasteiger partial charge in [-0.2, -0.15) is 0 Å². The molecule has 3 rings (SSSR count). The minimum absolute atomic E-state index is 0.163. The van der Waals surface area contributed by atoms with Crippen LogP contribution in [0.4, 0.5) is 10.1 Å². The summed E-state index contributed by atoms with van der Waals surface area (Å²) in [6.45, 7) is 2.94. The first-order valence-electron chi connectivity index (χ1n) is 8.26. The summed E-state index contributed by atoms with van der Waals surface area (Å²) in [6, 6.07) is 9.57. The number of anilines is 1. The Kier molecular flexibility index (Phi) is 5.46. The maximum Gasteiger partial charge on any atom is 0.375 e. The topological polar surface area (TPSA) is 85.6 Å². The van der Waals surface area contributed by atoms with Gasteiger partial charge in [-0.25, -0.2) is 9.18 Å². The van der Waals surface area contributed by atoms with Gasteiger partial charge in [0.05, 0.1) is 5.39 Å². The van der Waals surface area contributed by atoms with Crippen LogP contribution in [0.1, 0.15) is 23.0 Å². The number of nitrogens with one attached hydrogen (secondary N) is 1. The number of hydrogen-bond acceptors (Lipinski definition) is 5. The van der Waals surface area contributed by atoms with E-state index in [1.54, 1.807) is 6.92 Å². The number of halogens is 2. The van der Waals surface area contributed by atoms with Crippen LogP contribution in [0.15, 0.2) is 51.7 Å². The van der Waals surface area contributed by atoms with E-state index in [0.29, 0.717) is 10.6 Å². The highest BCUT2D eigenvalue weighted by atomic mass is 35.5. The molecule has 8 heteroatoms. The summed E-state index contributed by atoms with van der Waals surface area (Å²) in [4.78, 5) is 36.6. The Bertz CT molecular complexity index is 1140. The van der Waals surface area contributed by atoms with Crippen LogP contribution in [0.25, 0.3) is 11.0 Å². The number of hydrogen-bond donors (Lipinski definition) is 1. The molecule has 0 saturated carbocycles. The molecule has 0 fully saturated rings. The summed E-state index contributed by atoms with van der Waals surface area (Å²) >= 11 is 5.84. The molecule has 3 aromatic rings. The summed E-state index contributed by atoms with van der Waals surface area (Å²) in [5.41, 5.74) is 0.356. The van der Waals surface area contributed by atoms with Gasteiger partial charge in [0.1, 0.15) is 11.4 Å². The molecule has 28 heavy (non-hydrogen) atoms. The van der Waals surface area contributed by atoms with Crippen LogP contribution in [0.3, 0.4) is 0 Å². The maximum atomic E-state index is 13.6. The molecule has 1 amide bonds. The van der Waals surface area contributed by atoms with Crippen molar-refractivity contribution in [2.75, 3.05) is 5.32 Å². The Labute approximate surface area is 163 Å². The summed E-state index contributed by atoms with van der Waals surface area (Å²) in [5.74, 6) is -2.46. The third-order valence-corrected chi connectivity index (χ3v) is 4.22. The van der Waals surface area contributed by atoms with E-state index >= 15 is 0 Å². The van der Waals surface area contributed by atoms with E-state index < -0.39 is 29.2 Å². The summed E-state index contributed by atoms with van der Waals surface area (Å²) in [6.07, 6.45) is -1.21. The molecule has 1 atom stereocenters. The molecule has 0 saturated heterocycles. The second-order valence-electron chi connectivity index (χ2n) is 6.12. The Hall–Kier alpha value is -3.19. The van der Waals surface area contributed by atoms with Gasteiger partial charge in [0.2, 0.25) is 5.76 Å². The fourth-order valence-electron chi connectivity index (χ4n) is 2.42. The Morgan fingerprint density at radius 3 is 2.64 bits per heavy atom. The van der Waals surface area contributed by atoms with E-state index in [1.165, 1.54) is 37.3 Å². The Balaban J connectivity index is 1.73. The fourth-order valence-corrected chi connectivity index (χ4v) is 2.59. The van der Waals surface area contributed by atoms with E-state index in [2.05, 4.69) is 5.32 Å². The van der Waals surface area contributed by atoms with Gasteiger partial charge in [-0.3, -0.25) is 9.59 Å². The zero-order valence-electron chi connectivity index (χ0n) is 14.9. The normalized spacial score (nSPS) is 11.9. The summed E-state index contributed by atoms with van der Waals surface area (Å²) in [7, 11) is 0. The molecule has 0 aliphatic rings. The average molecular weight is 404 g/mol. The van der Waals surface area contributed by atoms with Crippen molar-refractivity contribution in [2.24, 2.45) is 0 Å². The average Bonchev–Trinajstić information content (AvgIpc) is 2.65. The fraction of sp³-hybridized carbons (Fsp3) is 0.150. The van der Waals surface area contributed by atoms with Crippen LogP contribution in [0.2, 0.25) is 5.02 Å². The third kappa shape index (κ3) is 4.20. The predicted molar refractivity (Wildman–Crippen MR) is 102 cm³/mol. The van der Waals surface area contributed by atoms with E-state index in [1.807, 2.05) is 0 Å². The number of aryl methyl sites for hydroxylation is 1. The van der Waals surface area contributed by atoms with Crippen LogP contribution >= 0.6 is 11.6 Å². The molecule has 1 aromatic heterocycles. The van der Waals surface area contributed by atoms with Crippen molar-refractivity contribution >= 4 is 40.1 Å². The third-order valence-electron chi connectivity index (χ3n) is 3.98. The first-order valence-corrected chi connectivity index (χ1v) is 8.64. The molecule has 0 spiro atoms. The number of benzene rings is 2. The lowest BCUT2D eigenvalue weighted by Crippen LogP contribution is -2.30. The molecule has 0 unspecified atom stereocenters. The largest absolute Gasteiger partial charge is 0.449 e. The van der Waals surface area contributed by atoms with Gasteiger partial charge in [0.15, 0.2) is 11.5 Å². The predicted octanol–water partition coefficient (Wildman–Crippen LogP) is 4.08. The monoisotopic (exact) mass is 403 g/mol. The minimum Gasteiger partial charge on any atom is -0.449 e. The molecule has 6 nitrogen and oxygen atoms in total. The number of esters is 1. The zero-order valence-corrected chi connectivity index (χ0v) is 15.7. The van der Waals surface area contributed by atoms with Gasteiger partial charge in [0.25, 0.3) is 5.91 Å². The lowest BCUT2D eigenvalue weighted by molar-refractivity contribution is -0.123. The molecule has 1 N–H and O–H groups in total. The van der Waals surface area contributed by atoms with Gasteiger partial charge in [-0.1, -0.05) is 17.7 Å². The number of carbonyl (C=O) groups is 2. The number of amides is 1. The highest BCUT2D eigenvalue weighted by molar-refractivity contribution is 6.31. The van der Waals surface area contributed by atoms with Crippen molar-refractivity contribution in [2.45, 2.75) is 20.0 Å². The first kappa shape index (κ1) is 19.6. The smallest absolute Gasteiger partial charge is 0.375 e. The van der Waals surface area contributed by atoms with Crippen molar-refractivity contribution in [3.8, 4) is 0 Å². The van der Waals surface area contributed by atoms with Crippen LogP contribution in [0.5, 0.6) is 0 Å². The molecular weight excluding hydrogens is 389 g/mol. The summed E-state index contributed by atoms with van der Waals surface area (Å²) < 4.78 is 24.0. The van der Waals surface area contributed by atoms with Gasteiger partial charge in [-0.05, 0) is 49.7 Å². The quantitative estimate of drug-likeness (QED) is 0.663. The molecule has 0 aliphatic carbocycles. The van der Waals surface area contributed by atoms with Crippen molar-refractivity contribution in [3.63, 3.8) is 0 Å². The van der Waals surface area contributed by atoms with Gasteiger partial charge < -0.3 is 14.5 Å². The Morgan fingerprint density at radius 2 is 1.93 bits per heavy atom. The van der Waals surface area contributed by atoms with E-state index in [0.717, 1.165) is 12.1 Å². The standard InChI is InChI=1S/C20H15ClFNO5/c1-10-3-5-13(8-15(10)22)23-19(25)11(2)27-20(26)18-9-16(24)14-7-12(21)4-6-17(14)28-18/h3-9,11H,1-2H3,(H,23,25)/t11-/m1/s1. The lowest BCUT2D eigenvalue weighted by atomic mass is 10.2. The van der Waals surface area contributed by atoms with Crippen LogP contribution in [0, 0.1) is 12.7 Å². The van der Waals surface area contributed by atoms with Gasteiger partial charge in [0, 0.05) is 16.8 Å². The molecular formula is C20H15ClFNO5. The van der Waals surface area contributed by atoms with Crippen molar-refractivity contribution in [1.82, 2.24) is 0 Å². The SMILES string of the molecule is Cc1ccc(NC(=O)[C@@H](C)OC(=O)c2cc(=O)c3cc(Cl)ccc3o2)cc1F. The van der Waals surface area contributed by atoms with Crippen molar-refractivity contribution < 1.29 is 23.1 Å². The minimum atomic E-state index is -1.21. The van der Waals surface area contributed by atoms with Crippen LogP contribution in [-0.2, 0) is 9.53 Å². The molecule has 2 aromatic carbocycles. The second-order valence-corrected chi connectivity index (χ2v) is 6.55. The first-order chi connectivity index (χ1) is 13.2. The van der Waals surface area contributed by atoms with Crippen LogP contribution < -0.4 is 10.7 Å². The molecule has 0 aliphatic heterocycles. The molecule has 1 heterocycles. The van der Waals surface area contributed by atoms with E-state index in [-0.39, 0.29) is 22.4 Å².